The van der Waals surface area contributed by atoms with Crippen LogP contribution in [0.1, 0.15) is 25.3 Å². The van der Waals surface area contributed by atoms with Crippen LogP contribution < -0.4 is 20.1 Å². The molecule has 0 unspecified atom stereocenters. The lowest BCUT2D eigenvalue weighted by Crippen LogP contribution is -2.24. The predicted molar refractivity (Wildman–Crippen MR) is 90.1 cm³/mol. The minimum absolute atomic E-state index is 0.176. The van der Waals surface area contributed by atoms with Crippen molar-refractivity contribution in [2.45, 2.75) is 26.3 Å². The van der Waals surface area contributed by atoms with Crippen molar-refractivity contribution < 1.29 is 14.6 Å². The second kappa shape index (κ2) is 11.5. The maximum atomic E-state index is 8.66. The molecule has 3 N–H and O–H groups in total. The van der Waals surface area contributed by atoms with E-state index in [9.17, 15) is 0 Å². The Kier molecular flexibility index (Phi) is 9.99. The fourth-order valence-electron chi connectivity index (χ4n) is 1.96. The highest BCUT2D eigenvalue weighted by molar-refractivity contribution is 6.31. The summed E-state index contributed by atoms with van der Waals surface area (Å²) in [5, 5.41) is 15.8. The van der Waals surface area contributed by atoms with E-state index >= 15 is 0 Å². The number of benzene rings is 1. The first-order valence-corrected chi connectivity index (χ1v) is 8.12. The molecule has 126 valence electrons. The van der Waals surface area contributed by atoms with Crippen LogP contribution in [0, 0.1) is 0 Å². The predicted octanol–water partition coefficient (Wildman–Crippen LogP) is 2.20. The molecule has 0 saturated carbocycles. The van der Waals surface area contributed by atoms with Crippen molar-refractivity contribution in [1.82, 2.24) is 10.6 Å². The van der Waals surface area contributed by atoms with Gasteiger partial charge in [0.05, 0.1) is 20.3 Å². The molecule has 0 aliphatic carbocycles. The largest absolute Gasteiger partial charge is 0.493 e. The van der Waals surface area contributed by atoms with E-state index in [1.165, 1.54) is 0 Å². The highest BCUT2D eigenvalue weighted by atomic mass is 35.5. The molecule has 0 fully saturated rings. The van der Waals surface area contributed by atoms with E-state index in [1.54, 1.807) is 7.11 Å². The molecule has 0 heterocycles. The average molecular weight is 331 g/mol. The van der Waals surface area contributed by atoms with Crippen LogP contribution in [-0.2, 0) is 6.54 Å². The molecule has 0 amide bonds. The number of aliphatic hydroxyl groups excluding tert-OH is 1. The number of ether oxygens (including phenoxy) is 2. The van der Waals surface area contributed by atoms with Crippen molar-refractivity contribution in [3.05, 3.63) is 22.7 Å². The lowest BCUT2D eigenvalue weighted by atomic mass is 10.2. The molecule has 1 aromatic rings. The number of hydrogen-bond donors (Lipinski definition) is 3. The first-order chi connectivity index (χ1) is 10.7. The standard InChI is InChI=1S/C16H27ClN2O3/c1-3-9-22-16-11-14(17)13(10-15(16)21-2)12-19-6-4-5-18-7-8-20/h10-11,18-20H,3-9,12H2,1-2H3. The zero-order valence-corrected chi connectivity index (χ0v) is 14.2. The van der Waals surface area contributed by atoms with Gasteiger partial charge in [0.25, 0.3) is 0 Å². The molecule has 0 atom stereocenters. The van der Waals surface area contributed by atoms with E-state index in [4.69, 9.17) is 26.2 Å². The first kappa shape index (κ1) is 19.0. The van der Waals surface area contributed by atoms with Gasteiger partial charge in [0.15, 0.2) is 11.5 Å². The van der Waals surface area contributed by atoms with Crippen LogP contribution in [0.5, 0.6) is 11.5 Å². The van der Waals surface area contributed by atoms with Gasteiger partial charge in [-0.25, -0.2) is 0 Å². The van der Waals surface area contributed by atoms with Crippen molar-refractivity contribution in [2.24, 2.45) is 0 Å². The molecule has 6 heteroatoms. The van der Waals surface area contributed by atoms with Crippen molar-refractivity contribution in [3.8, 4) is 11.5 Å². The van der Waals surface area contributed by atoms with Gasteiger partial charge in [-0.2, -0.15) is 0 Å². The number of methoxy groups -OCH3 is 1. The van der Waals surface area contributed by atoms with Gasteiger partial charge in [-0.3, -0.25) is 0 Å². The SMILES string of the molecule is CCCOc1cc(Cl)c(CNCCCNCCO)cc1OC. The normalized spacial score (nSPS) is 10.7. The van der Waals surface area contributed by atoms with Gasteiger partial charge < -0.3 is 25.2 Å². The van der Waals surface area contributed by atoms with Gasteiger partial charge in [0.2, 0.25) is 0 Å². The summed E-state index contributed by atoms with van der Waals surface area (Å²) in [4.78, 5) is 0. The molecule has 0 bridgehead atoms. The third-order valence-corrected chi connectivity index (χ3v) is 3.46. The Bertz CT molecular complexity index is 430. The van der Waals surface area contributed by atoms with Gasteiger partial charge in [-0.1, -0.05) is 18.5 Å². The van der Waals surface area contributed by atoms with Crippen LogP contribution in [0.3, 0.4) is 0 Å². The average Bonchev–Trinajstić information content (AvgIpc) is 2.53. The van der Waals surface area contributed by atoms with Gasteiger partial charge in [0.1, 0.15) is 0 Å². The van der Waals surface area contributed by atoms with Crippen LogP contribution in [-0.4, -0.2) is 45.1 Å². The summed E-state index contributed by atoms with van der Waals surface area (Å²) in [5.41, 5.74) is 0.991. The number of hydrogen-bond acceptors (Lipinski definition) is 5. The molecule has 0 aliphatic rings. The first-order valence-electron chi connectivity index (χ1n) is 7.74. The summed E-state index contributed by atoms with van der Waals surface area (Å²) >= 11 is 6.30. The zero-order valence-electron chi connectivity index (χ0n) is 13.5. The molecule has 22 heavy (non-hydrogen) atoms. The summed E-state index contributed by atoms with van der Waals surface area (Å²) in [6.07, 6.45) is 1.93. The Balaban J connectivity index is 2.46. The molecule has 0 spiro atoms. The Morgan fingerprint density at radius 2 is 1.91 bits per heavy atom. The van der Waals surface area contributed by atoms with Crippen LogP contribution in [0.15, 0.2) is 12.1 Å². The van der Waals surface area contributed by atoms with Crippen LogP contribution in [0.2, 0.25) is 5.02 Å². The molecule has 5 nitrogen and oxygen atoms in total. The fourth-order valence-corrected chi connectivity index (χ4v) is 2.18. The monoisotopic (exact) mass is 330 g/mol. The van der Waals surface area contributed by atoms with E-state index in [0.29, 0.717) is 36.2 Å². The Morgan fingerprint density at radius 1 is 1.14 bits per heavy atom. The minimum atomic E-state index is 0.176. The molecule has 0 saturated heterocycles. The van der Waals surface area contributed by atoms with Crippen LogP contribution >= 0.6 is 11.6 Å². The third kappa shape index (κ3) is 6.83. The zero-order chi connectivity index (χ0) is 16.2. The summed E-state index contributed by atoms with van der Waals surface area (Å²) in [7, 11) is 1.63. The van der Waals surface area contributed by atoms with Gasteiger partial charge in [-0.15, -0.1) is 0 Å². The maximum absolute atomic E-state index is 8.66. The Morgan fingerprint density at radius 3 is 2.59 bits per heavy atom. The van der Waals surface area contributed by atoms with E-state index in [0.717, 1.165) is 31.5 Å². The molecule has 1 rings (SSSR count). The Labute approximate surface area is 138 Å². The van der Waals surface area contributed by atoms with Crippen molar-refractivity contribution >= 4 is 11.6 Å². The van der Waals surface area contributed by atoms with E-state index < -0.39 is 0 Å². The molecular weight excluding hydrogens is 304 g/mol. The highest BCUT2D eigenvalue weighted by Crippen LogP contribution is 2.33. The number of rotatable bonds is 12. The smallest absolute Gasteiger partial charge is 0.162 e. The molecule has 0 aliphatic heterocycles. The van der Waals surface area contributed by atoms with Gasteiger partial charge in [-0.05, 0) is 37.6 Å². The summed E-state index contributed by atoms with van der Waals surface area (Å²) in [6.45, 7) is 5.97. The van der Waals surface area contributed by atoms with Gasteiger partial charge >= 0.3 is 0 Å². The molecule has 0 aromatic heterocycles. The van der Waals surface area contributed by atoms with Crippen molar-refractivity contribution in [1.29, 1.82) is 0 Å². The quantitative estimate of drug-likeness (QED) is 0.513. The molecular formula is C16H27ClN2O3. The van der Waals surface area contributed by atoms with E-state index in [2.05, 4.69) is 17.6 Å². The van der Waals surface area contributed by atoms with Crippen molar-refractivity contribution in [3.63, 3.8) is 0 Å². The fraction of sp³-hybridized carbons (Fsp3) is 0.625. The summed E-state index contributed by atoms with van der Waals surface area (Å²) in [5.74, 6) is 1.39. The number of aliphatic hydroxyl groups is 1. The second-order valence-corrected chi connectivity index (χ2v) is 5.35. The van der Waals surface area contributed by atoms with Crippen molar-refractivity contribution in [2.75, 3.05) is 40.0 Å². The Hall–Kier alpha value is -1.01. The molecule has 0 radical (unpaired) electrons. The number of halogens is 1. The van der Waals surface area contributed by atoms with Crippen LogP contribution in [0.25, 0.3) is 0 Å². The lowest BCUT2D eigenvalue weighted by molar-refractivity contribution is 0.292. The summed E-state index contributed by atoms with van der Waals surface area (Å²) < 4.78 is 11.0. The van der Waals surface area contributed by atoms with Gasteiger partial charge in [0, 0.05) is 24.2 Å². The highest BCUT2D eigenvalue weighted by Gasteiger charge is 2.10. The second-order valence-electron chi connectivity index (χ2n) is 4.95. The van der Waals surface area contributed by atoms with E-state index in [1.807, 2.05) is 12.1 Å². The van der Waals surface area contributed by atoms with Crippen LogP contribution in [0.4, 0.5) is 0 Å². The summed E-state index contributed by atoms with van der Waals surface area (Å²) in [6, 6.07) is 3.74. The molecule has 1 aromatic carbocycles. The lowest BCUT2D eigenvalue weighted by Gasteiger charge is -2.14. The number of nitrogens with one attached hydrogen (secondary N) is 2. The minimum Gasteiger partial charge on any atom is -0.493 e. The maximum Gasteiger partial charge on any atom is 0.162 e. The van der Waals surface area contributed by atoms with E-state index in [-0.39, 0.29) is 6.61 Å². The topological polar surface area (TPSA) is 62.8 Å². The third-order valence-electron chi connectivity index (χ3n) is 3.11.